The van der Waals surface area contributed by atoms with E-state index in [-0.39, 0.29) is 0 Å². The van der Waals surface area contributed by atoms with Crippen LogP contribution in [0, 0.1) is 0 Å². The molecule has 2 aliphatic rings. The minimum atomic E-state index is 0.371. The molecule has 7 heteroatoms. The second-order valence-corrected chi connectivity index (χ2v) is 8.92. The fourth-order valence-electron chi connectivity index (χ4n) is 5.17. The van der Waals surface area contributed by atoms with Gasteiger partial charge in [0.25, 0.3) is 0 Å². The van der Waals surface area contributed by atoms with Gasteiger partial charge in [0.2, 0.25) is 0 Å². The molecule has 7 nitrogen and oxygen atoms in total. The highest BCUT2D eigenvalue weighted by Gasteiger charge is 2.30. The maximum atomic E-state index is 11.0. The summed E-state index contributed by atoms with van der Waals surface area (Å²) in [6, 6.07) is 10.6. The van der Waals surface area contributed by atoms with Crippen molar-refractivity contribution in [2.45, 2.75) is 37.8 Å². The van der Waals surface area contributed by atoms with Crippen LogP contribution in [0.2, 0.25) is 0 Å². The molecule has 1 saturated carbocycles. The Hall–Kier alpha value is -2.77. The molecule has 31 heavy (non-hydrogen) atoms. The number of nitrogen functional groups attached to an aromatic ring is 1. The summed E-state index contributed by atoms with van der Waals surface area (Å²) < 4.78 is 2.18. The zero-order valence-corrected chi connectivity index (χ0v) is 18.1. The van der Waals surface area contributed by atoms with Gasteiger partial charge in [-0.25, -0.2) is 4.98 Å². The van der Waals surface area contributed by atoms with Gasteiger partial charge in [-0.05, 0) is 38.8 Å². The van der Waals surface area contributed by atoms with Gasteiger partial charge >= 0.3 is 0 Å². The molecule has 1 aliphatic carbocycles. The zero-order valence-electron chi connectivity index (χ0n) is 18.1. The van der Waals surface area contributed by atoms with Crippen molar-refractivity contribution in [2.75, 3.05) is 39.0 Å². The van der Waals surface area contributed by atoms with Crippen LogP contribution >= 0.6 is 0 Å². The highest BCUT2D eigenvalue weighted by Crippen LogP contribution is 2.37. The van der Waals surface area contributed by atoms with E-state index in [1.807, 2.05) is 30.3 Å². The van der Waals surface area contributed by atoms with Crippen LogP contribution in [-0.2, 0) is 0 Å². The van der Waals surface area contributed by atoms with E-state index in [1.165, 1.54) is 39.0 Å². The summed E-state index contributed by atoms with van der Waals surface area (Å²) in [5, 5.41) is 5.94. The Morgan fingerprint density at radius 2 is 1.65 bits per heavy atom. The quantitative estimate of drug-likeness (QED) is 0.656. The molecule has 2 fully saturated rings. The molecule has 3 heterocycles. The minimum absolute atomic E-state index is 0.371. The topological polar surface area (TPSA) is 80.3 Å². The molecule has 5 rings (SSSR count). The van der Waals surface area contributed by atoms with Crippen LogP contribution < -0.4 is 5.73 Å². The number of aldehydes is 1. The lowest BCUT2D eigenvalue weighted by atomic mass is 9.89. The maximum Gasteiger partial charge on any atom is 0.150 e. The van der Waals surface area contributed by atoms with Crippen molar-refractivity contribution < 1.29 is 4.79 Å². The van der Waals surface area contributed by atoms with Gasteiger partial charge in [-0.1, -0.05) is 24.3 Å². The first-order valence-corrected chi connectivity index (χ1v) is 11.2. The largest absolute Gasteiger partial charge is 0.383 e. The van der Waals surface area contributed by atoms with E-state index >= 15 is 0 Å². The average molecular weight is 419 g/mol. The molecule has 0 unspecified atom stereocenters. The van der Waals surface area contributed by atoms with Crippen molar-refractivity contribution in [3.8, 4) is 11.3 Å². The standard InChI is InChI=1S/C24H30N6O/c1-28-12-14-29(15-13-28)19-6-8-20(9-7-19)30-21-10-11-26-24(25)22(21)23(27-30)18-4-2-17(16-31)3-5-18/h2-5,10-11,16,19-20H,6-9,12-15H2,1H3,(H2,25,26). The Labute approximate surface area is 182 Å². The van der Waals surface area contributed by atoms with Crippen LogP contribution in [0.5, 0.6) is 0 Å². The molecule has 0 spiro atoms. The second kappa shape index (κ2) is 8.40. The first kappa shape index (κ1) is 20.2. The number of piperazine rings is 1. The van der Waals surface area contributed by atoms with E-state index in [0.717, 1.165) is 41.3 Å². The summed E-state index contributed by atoms with van der Waals surface area (Å²) in [7, 11) is 2.21. The zero-order chi connectivity index (χ0) is 21.4. The maximum absolute atomic E-state index is 11.0. The van der Waals surface area contributed by atoms with Crippen LogP contribution in [0.15, 0.2) is 36.5 Å². The minimum Gasteiger partial charge on any atom is -0.383 e. The lowest BCUT2D eigenvalue weighted by molar-refractivity contribution is 0.0816. The number of carbonyl (C=O) groups is 1. The average Bonchev–Trinajstić information content (AvgIpc) is 3.21. The smallest absolute Gasteiger partial charge is 0.150 e. The highest BCUT2D eigenvalue weighted by atomic mass is 16.1. The second-order valence-electron chi connectivity index (χ2n) is 8.92. The number of nitrogens with two attached hydrogens (primary N) is 1. The van der Waals surface area contributed by atoms with E-state index in [9.17, 15) is 4.79 Å². The van der Waals surface area contributed by atoms with E-state index in [1.54, 1.807) is 6.20 Å². The van der Waals surface area contributed by atoms with Crippen LogP contribution in [0.1, 0.15) is 42.1 Å². The van der Waals surface area contributed by atoms with Crippen molar-refractivity contribution in [1.82, 2.24) is 24.6 Å². The number of hydrogen-bond donors (Lipinski definition) is 1. The number of hydrogen-bond acceptors (Lipinski definition) is 6. The monoisotopic (exact) mass is 418 g/mol. The van der Waals surface area contributed by atoms with Gasteiger partial charge in [-0.2, -0.15) is 5.10 Å². The lowest BCUT2D eigenvalue weighted by Gasteiger charge is -2.41. The number of benzene rings is 1. The van der Waals surface area contributed by atoms with Crippen molar-refractivity contribution in [2.24, 2.45) is 0 Å². The van der Waals surface area contributed by atoms with Gasteiger partial charge in [0.15, 0.2) is 0 Å². The third-order valence-electron chi connectivity index (χ3n) is 7.04. The molecule has 1 aromatic carbocycles. The molecule has 0 bridgehead atoms. The summed E-state index contributed by atoms with van der Waals surface area (Å²) in [6.07, 6.45) is 7.29. The Bertz CT molecular complexity index is 1060. The van der Waals surface area contributed by atoms with Gasteiger partial charge in [0, 0.05) is 49.5 Å². The van der Waals surface area contributed by atoms with Gasteiger partial charge in [0.1, 0.15) is 17.8 Å². The summed E-state index contributed by atoms with van der Waals surface area (Å²) >= 11 is 0. The molecule has 1 saturated heterocycles. The molecule has 2 aromatic heterocycles. The first-order valence-electron chi connectivity index (χ1n) is 11.2. The summed E-state index contributed by atoms with van der Waals surface area (Å²) in [6.45, 7) is 4.70. The predicted octanol–water partition coefficient (Wildman–Crippen LogP) is 3.22. The van der Waals surface area contributed by atoms with Crippen molar-refractivity contribution in [1.29, 1.82) is 0 Å². The van der Waals surface area contributed by atoms with Crippen LogP contribution in [-0.4, -0.2) is 70.1 Å². The van der Waals surface area contributed by atoms with Gasteiger partial charge in [0.05, 0.1) is 16.9 Å². The number of likely N-dealkylation sites (N-methyl/N-ethyl adjacent to an activating group) is 1. The number of rotatable bonds is 4. The molecule has 0 amide bonds. The summed E-state index contributed by atoms with van der Waals surface area (Å²) in [5.74, 6) is 0.504. The molecule has 1 aliphatic heterocycles. The molecular weight excluding hydrogens is 388 g/mol. The Morgan fingerprint density at radius 3 is 2.32 bits per heavy atom. The Kier molecular flexibility index (Phi) is 5.46. The molecule has 2 N–H and O–H groups in total. The molecule has 3 aromatic rings. The van der Waals surface area contributed by atoms with Crippen molar-refractivity contribution in [3.05, 3.63) is 42.1 Å². The SMILES string of the molecule is CN1CCN(C2CCC(n3nc(-c4ccc(C=O)cc4)c4c(N)nccc43)CC2)CC1. The number of fused-ring (bicyclic) bond motifs is 1. The Balaban J connectivity index is 1.41. The summed E-state index contributed by atoms with van der Waals surface area (Å²) in [5.41, 5.74) is 9.80. The lowest BCUT2D eigenvalue weighted by Crippen LogP contribution is -2.49. The van der Waals surface area contributed by atoms with Crippen LogP contribution in [0.3, 0.4) is 0 Å². The van der Waals surface area contributed by atoms with Crippen molar-refractivity contribution in [3.63, 3.8) is 0 Å². The highest BCUT2D eigenvalue weighted by molar-refractivity contribution is 6.00. The number of carbonyl (C=O) groups excluding carboxylic acids is 1. The van der Waals surface area contributed by atoms with Gasteiger partial charge < -0.3 is 10.6 Å². The van der Waals surface area contributed by atoms with Gasteiger partial charge in [-0.3, -0.25) is 14.4 Å². The molecule has 162 valence electrons. The predicted molar refractivity (Wildman–Crippen MR) is 123 cm³/mol. The first-order chi connectivity index (χ1) is 15.1. The van der Waals surface area contributed by atoms with E-state index in [2.05, 4.69) is 26.5 Å². The third kappa shape index (κ3) is 3.83. The fraction of sp³-hybridized carbons (Fsp3) is 0.458. The number of nitrogens with zero attached hydrogens (tertiary/aromatic N) is 5. The normalized spacial score (nSPS) is 23.3. The number of pyridine rings is 1. The van der Waals surface area contributed by atoms with Crippen LogP contribution in [0.25, 0.3) is 22.2 Å². The van der Waals surface area contributed by atoms with Gasteiger partial charge in [-0.15, -0.1) is 0 Å². The van der Waals surface area contributed by atoms with E-state index < -0.39 is 0 Å². The molecule has 0 atom stereocenters. The Morgan fingerprint density at radius 1 is 0.968 bits per heavy atom. The third-order valence-corrected chi connectivity index (χ3v) is 7.04. The number of anilines is 1. The number of aromatic nitrogens is 3. The fourth-order valence-corrected chi connectivity index (χ4v) is 5.17. The van der Waals surface area contributed by atoms with E-state index in [4.69, 9.17) is 10.8 Å². The van der Waals surface area contributed by atoms with Crippen LogP contribution in [0.4, 0.5) is 5.82 Å². The van der Waals surface area contributed by atoms with Crippen molar-refractivity contribution >= 4 is 23.0 Å². The van der Waals surface area contributed by atoms with E-state index in [0.29, 0.717) is 23.5 Å². The molecule has 0 radical (unpaired) electrons. The molecular formula is C24H30N6O. The summed E-state index contributed by atoms with van der Waals surface area (Å²) in [4.78, 5) is 20.5.